The van der Waals surface area contributed by atoms with Gasteiger partial charge in [0.05, 0.1) is 24.2 Å². The predicted octanol–water partition coefficient (Wildman–Crippen LogP) is 3.34. The van der Waals surface area contributed by atoms with Gasteiger partial charge in [-0.05, 0) is 25.5 Å². The molecule has 2 rings (SSSR count). The van der Waals surface area contributed by atoms with Gasteiger partial charge in [0.2, 0.25) is 0 Å². The second kappa shape index (κ2) is 9.07. The average molecular weight is 389 g/mol. The largest absolute Gasteiger partial charge is 0.465 e. The van der Waals surface area contributed by atoms with E-state index in [1.165, 1.54) is 0 Å². The van der Waals surface area contributed by atoms with Crippen molar-refractivity contribution in [3.8, 4) is 0 Å². The molecule has 0 fully saturated rings. The summed E-state index contributed by atoms with van der Waals surface area (Å²) >= 11 is 0. The summed E-state index contributed by atoms with van der Waals surface area (Å²) in [4.78, 5) is 36.0. The fourth-order valence-electron chi connectivity index (χ4n) is 2.92. The molecular formula is C20H20FNO6. The first kappa shape index (κ1) is 21.0. The fraction of sp³-hybridized carbons (Fsp3) is 0.300. The molecule has 0 atom stereocenters. The number of rotatable bonds is 8. The summed E-state index contributed by atoms with van der Waals surface area (Å²) in [5.74, 6) is -3.03. The molecule has 0 spiro atoms. The zero-order valence-corrected chi connectivity index (χ0v) is 15.5. The number of benzene rings is 2. The summed E-state index contributed by atoms with van der Waals surface area (Å²) in [6, 6.07) is 11.3. The Kier molecular flexibility index (Phi) is 6.81. The quantitative estimate of drug-likeness (QED) is 0.297. The van der Waals surface area contributed by atoms with E-state index in [4.69, 9.17) is 9.47 Å². The molecule has 0 amide bonds. The Labute approximate surface area is 161 Å². The third-order valence-electron chi connectivity index (χ3n) is 4.18. The van der Waals surface area contributed by atoms with Crippen LogP contribution in [0.25, 0.3) is 0 Å². The maximum atomic E-state index is 14.9. The van der Waals surface area contributed by atoms with E-state index in [0.717, 1.165) is 12.1 Å². The highest BCUT2D eigenvalue weighted by Gasteiger charge is 2.52. The first-order chi connectivity index (χ1) is 13.4. The van der Waals surface area contributed by atoms with Crippen molar-refractivity contribution in [1.29, 1.82) is 0 Å². The summed E-state index contributed by atoms with van der Waals surface area (Å²) in [7, 11) is 0. The van der Waals surface area contributed by atoms with Gasteiger partial charge in [-0.3, -0.25) is 19.7 Å². The van der Waals surface area contributed by atoms with Crippen molar-refractivity contribution in [3.05, 3.63) is 75.6 Å². The van der Waals surface area contributed by atoms with E-state index in [0.29, 0.717) is 11.6 Å². The van der Waals surface area contributed by atoms with E-state index in [1.54, 1.807) is 44.2 Å². The van der Waals surface area contributed by atoms with Crippen LogP contribution >= 0.6 is 0 Å². The monoisotopic (exact) mass is 389 g/mol. The van der Waals surface area contributed by atoms with Gasteiger partial charge in [-0.25, -0.2) is 4.39 Å². The van der Waals surface area contributed by atoms with Gasteiger partial charge in [0.25, 0.3) is 5.69 Å². The SMILES string of the molecule is CCOC(=O)C(Cc1ccccc1)(C(=O)OCC)c1ccc([N+](=O)[O-])cc1F. The van der Waals surface area contributed by atoms with E-state index < -0.39 is 33.8 Å². The van der Waals surface area contributed by atoms with Crippen LogP contribution < -0.4 is 0 Å². The molecule has 0 aromatic heterocycles. The van der Waals surface area contributed by atoms with E-state index in [9.17, 15) is 24.1 Å². The third kappa shape index (κ3) is 4.16. The number of nitro benzene ring substituents is 1. The lowest BCUT2D eigenvalue weighted by Gasteiger charge is -2.30. The summed E-state index contributed by atoms with van der Waals surface area (Å²) in [6.07, 6.45) is -0.222. The zero-order chi connectivity index (χ0) is 20.7. The lowest BCUT2D eigenvalue weighted by molar-refractivity contribution is -0.385. The molecular weight excluding hydrogens is 369 g/mol. The Balaban J connectivity index is 2.72. The molecule has 0 N–H and O–H groups in total. The highest BCUT2D eigenvalue weighted by molar-refractivity contribution is 6.06. The Morgan fingerprint density at radius 2 is 1.61 bits per heavy atom. The zero-order valence-electron chi connectivity index (χ0n) is 15.5. The Morgan fingerprint density at radius 1 is 1.04 bits per heavy atom. The van der Waals surface area contributed by atoms with Crippen LogP contribution in [-0.4, -0.2) is 30.1 Å². The summed E-state index contributed by atoms with van der Waals surface area (Å²) < 4.78 is 25.1. The molecule has 8 heteroatoms. The molecule has 0 saturated heterocycles. The van der Waals surface area contributed by atoms with Crippen LogP contribution in [0.1, 0.15) is 25.0 Å². The van der Waals surface area contributed by atoms with Gasteiger partial charge in [0.1, 0.15) is 5.82 Å². The minimum absolute atomic E-state index is 0.0383. The van der Waals surface area contributed by atoms with Crippen molar-refractivity contribution in [2.75, 3.05) is 13.2 Å². The number of carbonyl (C=O) groups excluding carboxylic acids is 2. The molecule has 28 heavy (non-hydrogen) atoms. The maximum Gasteiger partial charge on any atom is 0.328 e. The van der Waals surface area contributed by atoms with Gasteiger partial charge in [0, 0.05) is 18.1 Å². The molecule has 0 radical (unpaired) electrons. The summed E-state index contributed by atoms with van der Waals surface area (Å²) in [6.45, 7) is 3.04. The van der Waals surface area contributed by atoms with E-state index in [2.05, 4.69) is 0 Å². The highest BCUT2D eigenvalue weighted by atomic mass is 19.1. The number of halogens is 1. The Hall–Kier alpha value is -3.29. The molecule has 0 aliphatic rings. The van der Waals surface area contributed by atoms with Crippen LogP contribution in [0.5, 0.6) is 0 Å². The fourth-order valence-corrected chi connectivity index (χ4v) is 2.92. The highest BCUT2D eigenvalue weighted by Crippen LogP contribution is 2.35. The number of non-ortho nitro benzene ring substituents is 1. The number of esters is 2. The number of carbonyl (C=O) groups is 2. The molecule has 2 aromatic rings. The average Bonchev–Trinajstić information content (AvgIpc) is 2.67. The number of ether oxygens (including phenoxy) is 2. The second-order valence-electron chi connectivity index (χ2n) is 5.93. The first-order valence-corrected chi connectivity index (χ1v) is 8.69. The van der Waals surface area contributed by atoms with Gasteiger partial charge in [-0.1, -0.05) is 30.3 Å². The van der Waals surface area contributed by atoms with Crippen LogP contribution in [0.15, 0.2) is 48.5 Å². The summed E-state index contributed by atoms with van der Waals surface area (Å²) in [5.41, 5.74) is -2.39. The van der Waals surface area contributed by atoms with Crippen molar-refractivity contribution in [1.82, 2.24) is 0 Å². The number of hydrogen-bond acceptors (Lipinski definition) is 6. The van der Waals surface area contributed by atoms with Crippen molar-refractivity contribution in [3.63, 3.8) is 0 Å². The third-order valence-corrected chi connectivity index (χ3v) is 4.18. The lowest BCUT2D eigenvalue weighted by Crippen LogP contribution is -2.48. The minimum atomic E-state index is -2.13. The smallest absolute Gasteiger partial charge is 0.328 e. The number of nitrogens with zero attached hydrogens (tertiary/aromatic N) is 1. The van der Waals surface area contributed by atoms with Crippen LogP contribution in [0, 0.1) is 15.9 Å². The molecule has 2 aromatic carbocycles. The molecule has 0 aliphatic carbocycles. The van der Waals surface area contributed by atoms with Crippen molar-refractivity contribution in [2.45, 2.75) is 25.7 Å². The van der Waals surface area contributed by atoms with Crippen molar-refractivity contribution in [2.24, 2.45) is 0 Å². The van der Waals surface area contributed by atoms with E-state index >= 15 is 0 Å². The van der Waals surface area contributed by atoms with E-state index in [-0.39, 0.29) is 25.2 Å². The molecule has 0 bridgehead atoms. The van der Waals surface area contributed by atoms with Gasteiger partial charge in [-0.2, -0.15) is 0 Å². The molecule has 0 saturated carbocycles. The standard InChI is InChI=1S/C20H20FNO6/c1-3-27-18(23)20(19(24)28-4-2,13-14-8-6-5-7-9-14)16-11-10-15(22(25)26)12-17(16)21/h5-12H,3-4,13H2,1-2H3. The molecule has 148 valence electrons. The Morgan fingerprint density at radius 3 is 2.07 bits per heavy atom. The molecule has 0 aliphatic heterocycles. The maximum absolute atomic E-state index is 14.9. The van der Waals surface area contributed by atoms with Gasteiger partial charge < -0.3 is 9.47 Å². The second-order valence-corrected chi connectivity index (χ2v) is 5.93. The normalized spacial score (nSPS) is 11.0. The predicted molar refractivity (Wildman–Crippen MR) is 98.1 cm³/mol. The number of nitro groups is 1. The van der Waals surface area contributed by atoms with Gasteiger partial charge in [-0.15, -0.1) is 0 Å². The lowest BCUT2D eigenvalue weighted by atomic mass is 9.75. The van der Waals surface area contributed by atoms with Crippen LogP contribution in [0.4, 0.5) is 10.1 Å². The Bertz CT molecular complexity index is 850. The van der Waals surface area contributed by atoms with Crippen LogP contribution in [-0.2, 0) is 30.9 Å². The molecule has 0 unspecified atom stereocenters. The van der Waals surface area contributed by atoms with Crippen molar-refractivity contribution >= 4 is 17.6 Å². The van der Waals surface area contributed by atoms with E-state index in [1.807, 2.05) is 0 Å². The van der Waals surface area contributed by atoms with Gasteiger partial charge in [0.15, 0.2) is 5.41 Å². The topological polar surface area (TPSA) is 95.7 Å². The van der Waals surface area contributed by atoms with Crippen LogP contribution in [0.2, 0.25) is 0 Å². The minimum Gasteiger partial charge on any atom is -0.465 e. The molecule has 7 nitrogen and oxygen atoms in total. The number of hydrogen-bond donors (Lipinski definition) is 0. The first-order valence-electron chi connectivity index (χ1n) is 8.69. The van der Waals surface area contributed by atoms with Crippen LogP contribution in [0.3, 0.4) is 0 Å². The van der Waals surface area contributed by atoms with Crippen molar-refractivity contribution < 1.29 is 28.4 Å². The summed E-state index contributed by atoms with van der Waals surface area (Å²) in [5, 5.41) is 10.9. The molecule has 0 heterocycles. The van der Waals surface area contributed by atoms with Gasteiger partial charge >= 0.3 is 11.9 Å².